The lowest BCUT2D eigenvalue weighted by molar-refractivity contribution is 0.0955. The highest BCUT2D eigenvalue weighted by Gasteiger charge is 2.13. The van der Waals surface area contributed by atoms with Crippen LogP contribution >= 0.6 is 15.9 Å². The maximum Gasteiger partial charge on any atom is 0.252 e. The van der Waals surface area contributed by atoms with E-state index in [1.807, 2.05) is 78.9 Å². The molecule has 0 saturated heterocycles. The molecule has 4 aromatic rings. The summed E-state index contributed by atoms with van der Waals surface area (Å²) in [5, 5.41) is 3.90. The van der Waals surface area contributed by atoms with E-state index < -0.39 is 0 Å². The Morgan fingerprint density at radius 2 is 1.73 bits per heavy atom. The van der Waals surface area contributed by atoms with E-state index in [2.05, 4.69) is 21.2 Å². The average Bonchev–Trinajstić information content (AvgIpc) is 2.79. The molecule has 30 heavy (non-hydrogen) atoms. The molecule has 1 N–H and O–H groups in total. The fraction of sp³-hybridized carbons (Fsp3) is 0.120. The third-order valence-electron chi connectivity index (χ3n) is 4.96. The number of carbonyl (C=O) groups excluding carboxylic acids is 1. The van der Waals surface area contributed by atoms with Gasteiger partial charge in [-0.05, 0) is 48.4 Å². The van der Waals surface area contributed by atoms with Crippen molar-refractivity contribution >= 4 is 32.7 Å². The minimum absolute atomic E-state index is 0.0968. The molecule has 4 nitrogen and oxygen atoms in total. The topological polar surface area (TPSA) is 51.2 Å². The van der Waals surface area contributed by atoms with Gasteiger partial charge in [0.05, 0.1) is 23.9 Å². The number of nitrogens with one attached hydrogen (secondary N) is 1. The van der Waals surface area contributed by atoms with Crippen LogP contribution in [0.3, 0.4) is 0 Å². The van der Waals surface area contributed by atoms with Gasteiger partial charge in [0.25, 0.3) is 5.91 Å². The van der Waals surface area contributed by atoms with E-state index >= 15 is 0 Å². The Morgan fingerprint density at radius 3 is 2.47 bits per heavy atom. The molecule has 0 radical (unpaired) electrons. The van der Waals surface area contributed by atoms with Gasteiger partial charge < -0.3 is 10.1 Å². The Morgan fingerprint density at radius 1 is 1.00 bits per heavy atom. The van der Waals surface area contributed by atoms with Gasteiger partial charge in [-0.25, -0.2) is 4.98 Å². The van der Waals surface area contributed by atoms with Gasteiger partial charge in [0.2, 0.25) is 0 Å². The second kappa shape index (κ2) is 9.09. The molecule has 5 heteroatoms. The van der Waals surface area contributed by atoms with Crippen molar-refractivity contribution in [1.29, 1.82) is 0 Å². The zero-order chi connectivity index (χ0) is 20.9. The molecule has 0 unspecified atom stereocenters. The molecule has 1 heterocycles. The van der Waals surface area contributed by atoms with Gasteiger partial charge >= 0.3 is 0 Å². The summed E-state index contributed by atoms with van der Waals surface area (Å²) >= 11 is 3.46. The maximum absolute atomic E-state index is 13.0. The SMILES string of the molecule is COc1ccc(CCNC(=O)c2cc(-c3ccc(Br)cc3)nc3ccccc23)cc1. The van der Waals surface area contributed by atoms with Crippen molar-refractivity contribution < 1.29 is 9.53 Å². The highest BCUT2D eigenvalue weighted by molar-refractivity contribution is 9.10. The summed E-state index contributed by atoms with van der Waals surface area (Å²) in [4.78, 5) is 17.8. The predicted molar refractivity (Wildman–Crippen MR) is 124 cm³/mol. The van der Waals surface area contributed by atoms with Crippen molar-refractivity contribution in [2.24, 2.45) is 0 Å². The molecule has 0 spiro atoms. The van der Waals surface area contributed by atoms with Crippen LogP contribution in [-0.4, -0.2) is 24.5 Å². The molecule has 1 aromatic heterocycles. The Bertz CT molecular complexity index is 1170. The number of amides is 1. The van der Waals surface area contributed by atoms with Gasteiger partial charge in [0.15, 0.2) is 0 Å². The molecule has 0 aliphatic rings. The largest absolute Gasteiger partial charge is 0.497 e. The average molecular weight is 461 g/mol. The van der Waals surface area contributed by atoms with E-state index in [-0.39, 0.29) is 5.91 Å². The highest BCUT2D eigenvalue weighted by atomic mass is 79.9. The van der Waals surface area contributed by atoms with Crippen molar-refractivity contribution in [3.8, 4) is 17.0 Å². The second-order valence-electron chi connectivity index (χ2n) is 6.93. The molecule has 1 amide bonds. The van der Waals surface area contributed by atoms with Crippen molar-refractivity contribution in [3.63, 3.8) is 0 Å². The monoisotopic (exact) mass is 460 g/mol. The van der Waals surface area contributed by atoms with Crippen LogP contribution in [0.5, 0.6) is 5.75 Å². The summed E-state index contributed by atoms with van der Waals surface area (Å²) in [7, 11) is 1.65. The van der Waals surface area contributed by atoms with Crippen LogP contribution in [0.15, 0.2) is 83.3 Å². The molecule has 3 aromatic carbocycles. The molecule has 4 rings (SSSR count). The number of nitrogens with zero attached hydrogens (tertiary/aromatic N) is 1. The van der Waals surface area contributed by atoms with Crippen LogP contribution in [-0.2, 0) is 6.42 Å². The van der Waals surface area contributed by atoms with Gasteiger partial charge in [-0.3, -0.25) is 4.79 Å². The first-order valence-electron chi connectivity index (χ1n) is 9.71. The van der Waals surface area contributed by atoms with Gasteiger partial charge in [-0.2, -0.15) is 0 Å². The molecule has 0 aliphatic carbocycles. The van der Waals surface area contributed by atoms with Crippen molar-refractivity contribution in [2.75, 3.05) is 13.7 Å². The molecule has 0 bridgehead atoms. The number of carbonyl (C=O) groups is 1. The number of para-hydroxylation sites is 1. The van der Waals surface area contributed by atoms with Crippen LogP contribution in [0.25, 0.3) is 22.2 Å². The number of aromatic nitrogens is 1. The third kappa shape index (κ3) is 4.52. The minimum Gasteiger partial charge on any atom is -0.497 e. The lowest BCUT2D eigenvalue weighted by Crippen LogP contribution is -2.26. The summed E-state index contributed by atoms with van der Waals surface area (Å²) in [5.41, 5.74) is 4.33. The summed E-state index contributed by atoms with van der Waals surface area (Å²) in [6, 6.07) is 25.4. The third-order valence-corrected chi connectivity index (χ3v) is 5.49. The van der Waals surface area contributed by atoms with Crippen LogP contribution in [0, 0.1) is 0 Å². The van der Waals surface area contributed by atoms with E-state index in [0.29, 0.717) is 12.1 Å². The summed E-state index contributed by atoms with van der Waals surface area (Å²) in [6.45, 7) is 0.551. The Labute approximate surface area is 184 Å². The number of rotatable bonds is 6. The molecule has 150 valence electrons. The van der Waals surface area contributed by atoms with Crippen molar-refractivity contribution in [2.45, 2.75) is 6.42 Å². The summed E-state index contributed by atoms with van der Waals surface area (Å²) < 4.78 is 6.19. The summed E-state index contributed by atoms with van der Waals surface area (Å²) in [5.74, 6) is 0.729. The first-order valence-corrected chi connectivity index (χ1v) is 10.5. The highest BCUT2D eigenvalue weighted by Crippen LogP contribution is 2.26. The van der Waals surface area contributed by atoms with E-state index in [1.165, 1.54) is 0 Å². The number of ether oxygens (including phenoxy) is 1. The fourth-order valence-electron chi connectivity index (χ4n) is 3.34. The molecule has 0 fully saturated rings. The first kappa shape index (κ1) is 20.1. The predicted octanol–water partition coefficient (Wildman–Crippen LogP) is 5.65. The quantitative estimate of drug-likeness (QED) is 0.404. The lowest BCUT2D eigenvalue weighted by Gasteiger charge is -2.11. The number of hydrogen-bond donors (Lipinski definition) is 1. The van der Waals surface area contributed by atoms with Gasteiger partial charge in [0.1, 0.15) is 5.75 Å². The Kier molecular flexibility index (Phi) is 6.10. The molecular weight excluding hydrogens is 440 g/mol. The zero-order valence-corrected chi connectivity index (χ0v) is 18.1. The van der Waals surface area contributed by atoms with Crippen molar-refractivity contribution in [1.82, 2.24) is 10.3 Å². The smallest absolute Gasteiger partial charge is 0.252 e. The number of methoxy groups -OCH3 is 1. The van der Waals surface area contributed by atoms with Gasteiger partial charge in [-0.15, -0.1) is 0 Å². The first-order chi connectivity index (χ1) is 14.6. The molecular formula is C25H21BrN2O2. The van der Waals surface area contributed by atoms with Crippen LogP contribution in [0.2, 0.25) is 0 Å². The number of pyridine rings is 1. The van der Waals surface area contributed by atoms with Crippen molar-refractivity contribution in [3.05, 3.63) is 94.5 Å². The minimum atomic E-state index is -0.0968. The molecule has 0 atom stereocenters. The van der Waals surface area contributed by atoms with E-state index in [1.54, 1.807) is 7.11 Å². The number of benzene rings is 3. The van der Waals surface area contributed by atoms with Crippen LogP contribution < -0.4 is 10.1 Å². The van der Waals surface area contributed by atoms with E-state index in [9.17, 15) is 4.79 Å². The lowest BCUT2D eigenvalue weighted by atomic mass is 10.0. The number of fused-ring (bicyclic) bond motifs is 1. The van der Waals surface area contributed by atoms with Crippen LogP contribution in [0.1, 0.15) is 15.9 Å². The number of hydrogen-bond acceptors (Lipinski definition) is 3. The number of halogens is 1. The van der Waals surface area contributed by atoms with Gasteiger partial charge in [0, 0.05) is 22.0 Å². The standard InChI is InChI=1S/C25H21BrN2O2/c1-30-20-12-6-17(7-13-20)14-15-27-25(29)22-16-24(18-8-10-19(26)11-9-18)28-23-5-3-2-4-21(22)23/h2-13,16H,14-15H2,1H3,(H,27,29). The normalized spacial score (nSPS) is 10.7. The summed E-state index contributed by atoms with van der Waals surface area (Å²) in [6.07, 6.45) is 0.748. The van der Waals surface area contributed by atoms with E-state index in [0.717, 1.165) is 44.4 Å². The zero-order valence-electron chi connectivity index (χ0n) is 16.6. The Balaban J connectivity index is 1.56. The van der Waals surface area contributed by atoms with Gasteiger partial charge in [-0.1, -0.05) is 58.4 Å². The maximum atomic E-state index is 13.0. The fourth-order valence-corrected chi connectivity index (χ4v) is 3.60. The molecule has 0 aliphatic heterocycles. The van der Waals surface area contributed by atoms with Crippen LogP contribution in [0.4, 0.5) is 0 Å². The Hall–Kier alpha value is -3.18. The van der Waals surface area contributed by atoms with E-state index in [4.69, 9.17) is 9.72 Å². The second-order valence-corrected chi connectivity index (χ2v) is 7.85. The molecule has 0 saturated carbocycles.